The van der Waals surface area contributed by atoms with Crippen LogP contribution in [0, 0.1) is 0 Å². The first kappa shape index (κ1) is 21.4. The zero-order chi connectivity index (χ0) is 15.8. The summed E-state index contributed by atoms with van der Waals surface area (Å²) in [5.74, 6) is 0.994. The third-order valence-electron chi connectivity index (χ3n) is 5.18. The van der Waals surface area contributed by atoms with Crippen LogP contribution in [0.1, 0.15) is 51.9 Å². The summed E-state index contributed by atoms with van der Waals surface area (Å²) in [6.45, 7) is 5.71. The Morgan fingerprint density at radius 2 is 2.04 bits per heavy atom. The smallest absolute Gasteiger partial charge is 0.191 e. The van der Waals surface area contributed by atoms with E-state index in [2.05, 4.69) is 33.7 Å². The van der Waals surface area contributed by atoms with Gasteiger partial charge in [-0.25, -0.2) is 0 Å². The number of likely N-dealkylation sites (N-methyl/N-ethyl adjacent to an activating group) is 1. The van der Waals surface area contributed by atoms with Crippen molar-refractivity contribution in [1.82, 2.24) is 15.5 Å². The molecule has 23 heavy (non-hydrogen) atoms. The van der Waals surface area contributed by atoms with Crippen LogP contribution in [0.5, 0.6) is 0 Å². The van der Waals surface area contributed by atoms with Gasteiger partial charge in [-0.15, -0.1) is 24.0 Å². The molecule has 1 saturated heterocycles. The van der Waals surface area contributed by atoms with Crippen molar-refractivity contribution in [1.29, 1.82) is 0 Å². The van der Waals surface area contributed by atoms with E-state index in [0.717, 1.165) is 24.3 Å². The largest absolute Gasteiger partial charge is 0.355 e. The molecular formula is C17H35IN4S. The van der Waals surface area contributed by atoms with Crippen LogP contribution in [-0.2, 0) is 0 Å². The lowest BCUT2D eigenvalue weighted by molar-refractivity contribution is 0.157. The minimum Gasteiger partial charge on any atom is -0.355 e. The number of aliphatic imine (C=N–C) groups is 1. The van der Waals surface area contributed by atoms with Gasteiger partial charge in [-0.3, -0.25) is 9.89 Å². The minimum atomic E-state index is 0. The Morgan fingerprint density at radius 3 is 2.74 bits per heavy atom. The molecule has 2 fully saturated rings. The van der Waals surface area contributed by atoms with Gasteiger partial charge in [0.25, 0.3) is 0 Å². The van der Waals surface area contributed by atoms with E-state index in [1.54, 1.807) is 0 Å². The molecule has 1 aliphatic carbocycles. The zero-order valence-corrected chi connectivity index (χ0v) is 18.2. The Kier molecular flexibility index (Phi) is 10.9. The van der Waals surface area contributed by atoms with Crippen molar-refractivity contribution >= 4 is 41.7 Å². The van der Waals surface area contributed by atoms with E-state index in [4.69, 9.17) is 0 Å². The Balaban J connectivity index is 0.00000264. The summed E-state index contributed by atoms with van der Waals surface area (Å²) in [5.41, 5.74) is 0. The van der Waals surface area contributed by atoms with Crippen molar-refractivity contribution in [2.24, 2.45) is 4.99 Å². The Bertz CT molecular complexity index is 353. The van der Waals surface area contributed by atoms with Gasteiger partial charge in [-0.1, -0.05) is 19.8 Å². The van der Waals surface area contributed by atoms with Crippen LogP contribution in [0.15, 0.2) is 4.99 Å². The average molecular weight is 454 g/mol. The van der Waals surface area contributed by atoms with E-state index >= 15 is 0 Å². The molecule has 1 heterocycles. The van der Waals surface area contributed by atoms with Crippen molar-refractivity contribution < 1.29 is 0 Å². The monoisotopic (exact) mass is 454 g/mol. The van der Waals surface area contributed by atoms with Crippen molar-refractivity contribution in [3.8, 4) is 0 Å². The lowest BCUT2D eigenvalue weighted by Gasteiger charge is -2.35. The standard InChI is InChI=1S/C17H34N4S.HI/c1-4-21-11-6-5-9-15(21)13-19-17(18-2)20-14-8-7-10-16(12-14)22-3;/h14-16H,4-13H2,1-3H3,(H2,18,19,20);1H. The molecule has 2 aliphatic rings. The average Bonchev–Trinajstić information content (AvgIpc) is 2.59. The molecule has 6 heteroatoms. The van der Waals surface area contributed by atoms with E-state index in [1.165, 1.54) is 51.5 Å². The third-order valence-corrected chi connectivity index (χ3v) is 6.28. The number of likely N-dealkylation sites (tertiary alicyclic amines) is 1. The molecule has 0 aromatic rings. The molecular weight excluding hydrogens is 419 g/mol. The highest BCUT2D eigenvalue weighted by Gasteiger charge is 2.23. The predicted octanol–water partition coefficient (Wildman–Crippen LogP) is 3.32. The molecule has 1 saturated carbocycles. The number of nitrogens with one attached hydrogen (secondary N) is 2. The van der Waals surface area contributed by atoms with Gasteiger partial charge in [0.1, 0.15) is 0 Å². The van der Waals surface area contributed by atoms with Crippen LogP contribution in [0.2, 0.25) is 0 Å². The highest BCUT2D eigenvalue weighted by molar-refractivity contribution is 14.0. The van der Waals surface area contributed by atoms with E-state index < -0.39 is 0 Å². The Hall–Kier alpha value is 0.310. The zero-order valence-electron chi connectivity index (χ0n) is 15.0. The normalized spacial score (nSPS) is 29.7. The predicted molar refractivity (Wildman–Crippen MR) is 114 cm³/mol. The SMILES string of the molecule is CCN1CCCCC1CNC(=NC)NC1CCCC(SC)C1.I. The van der Waals surface area contributed by atoms with Crippen LogP contribution in [0.3, 0.4) is 0 Å². The molecule has 0 radical (unpaired) electrons. The second-order valence-corrected chi connectivity index (χ2v) is 7.73. The topological polar surface area (TPSA) is 39.7 Å². The van der Waals surface area contributed by atoms with Gasteiger partial charge < -0.3 is 10.6 Å². The van der Waals surface area contributed by atoms with Crippen LogP contribution in [-0.4, -0.2) is 61.1 Å². The summed E-state index contributed by atoms with van der Waals surface area (Å²) in [7, 11) is 1.89. The fourth-order valence-corrected chi connectivity index (χ4v) is 4.63. The summed E-state index contributed by atoms with van der Waals surface area (Å²) in [5, 5.41) is 8.04. The first-order valence-corrected chi connectivity index (χ1v) is 10.3. The van der Waals surface area contributed by atoms with E-state index in [0.29, 0.717) is 12.1 Å². The van der Waals surface area contributed by atoms with Gasteiger partial charge in [-0.05, 0) is 51.4 Å². The van der Waals surface area contributed by atoms with Gasteiger partial charge >= 0.3 is 0 Å². The summed E-state index contributed by atoms with van der Waals surface area (Å²) in [6, 6.07) is 1.26. The Labute approximate surface area is 164 Å². The van der Waals surface area contributed by atoms with Crippen LogP contribution in [0.4, 0.5) is 0 Å². The van der Waals surface area contributed by atoms with Crippen molar-refractivity contribution in [3.05, 3.63) is 0 Å². The van der Waals surface area contributed by atoms with Crippen molar-refractivity contribution in [2.45, 2.75) is 69.2 Å². The second-order valence-electron chi connectivity index (χ2n) is 6.60. The highest BCUT2D eigenvalue weighted by Crippen LogP contribution is 2.26. The van der Waals surface area contributed by atoms with Gasteiger partial charge in [-0.2, -0.15) is 11.8 Å². The maximum absolute atomic E-state index is 4.44. The van der Waals surface area contributed by atoms with Crippen molar-refractivity contribution in [3.63, 3.8) is 0 Å². The molecule has 2 N–H and O–H groups in total. The molecule has 0 amide bonds. The van der Waals surface area contributed by atoms with Gasteiger partial charge in [0, 0.05) is 30.9 Å². The summed E-state index contributed by atoms with van der Waals surface area (Å²) in [4.78, 5) is 7.04. The molecule has 1 aliphatic heterocycles. The first-order chi connectivity index (χ1) is 10.8. The summed E-state index contributed by atoms with van der Waals surface area (Å²) in [6.07, 6.45) is 11.5. The van der Waals surface area contributed by atoms with E-state index in [9.17, 15) is 0 Å². The fourth-order valence-electron chi connectivity index (χ4n) is 3.80. The van der Waals surface area contributed by atoms with Gasteiger partial charge in [0.15, 0.2) is 5.96 Å². The maximum Gasteiger partial charge on any atom is 0.191 e. The van der Waals surface area contributed by atoms with E-state index in [-0.39, 0.29) is 24.0 Å². The molecule has 0 aromatic carbocycles. The van der Waals surface area contributed by atoms with Crippen molar-refractivity contribution in [2.75, 3.05) is 32.9 Å². The van der Waals surface area contributed by atoms with E-state index in [1.807, 2.05) is 18.8 Å². The summed E-state index contributed by atoms with van der Waals surface area (Å²) < 4.78 is 0. The summed E-state index contributed by atoms with van der Waals surface area (Å²) >= 11 is 2.02. The third kappa shape index (κ3) is 6.98. The first-order valence-electron chi connectivity index (χ1n) is 9.00. The molecule has 4 nitrogen and oxygen atoms in total. The minimum absolute atomic E-state index is 0. The molecule has 0 aromatic heterocycles. The van der Waals surface area contributed by atoms with Crippen LogP contribution in [0.25, 0.3) is 0 Å². The second kappa shape index (κ2) is 11.8. The molecule has 3 atom stereocenters. The van der Waals surface area contributed by atoms with Gasteiger partial charge in [0.05, 0.1) is 0 Å². The number of hydrogen-bond acceptors (Lipinski definition) is 3. The quantitative estimate of drug-likeness (QED) is 0.380. The Morgan fingerprint density at radius 1 is 1.22 bits per heavy atom. The number of nitrogens with zero attached hydrogens (tertiary/aromatic N) is 2. The molecule has 0 spiro atoms. The molecule has 0 bridgehead atoms. The number of rotatable bonds is 5. The lowest BCUT2D eigenvalue weighted by atomic mass is 9.95. The lowest BCUT2D eigenvalue weighted by Crippen LogP contribution is -2.51. The number of halogens is 1. The van der Waals surface area contributed by atoms with Gasteiger partial charge in [0.2, 0.25) is 0 Å². The van der Waals surface area contributed by atoms with Crippen LogP contribution < -0.4 is 10.6 Å². The number of piperidine rings is 1. The molecule has 136 valence electrons. The highest BCUT2D eigenvalue weighted by atomic mass is 127. The number of guanidine groups is 1. The molecule has 3 unspecified atom stereocenters. The maximum atomic E-state index is 4.44. The fraction of sp³-hybridized carbons (Fsp3) is 0.941. The van der Waals surface area contributed by atoms with Crippen LogP contribution >= 0.6 is 35.7 Å². The number of thioether (sulfide) groups is 1. The molecule has 2 rings (SSSR count). The number of hydrogen-bond donors (Lipinski definition) is 2.